The van der Waals surface area contributed by atoms with Gasteiger partial charge in [-0.05, 0) is 37.5 Å². The summed E-state index contributed by atoms with van der Waals surface area (Å²) in [6.07, 6.45) is 4.30. The minimum atomic E-state index is 0.828. The third kappa shape index (κ3) is 1.70. The van der Waals surface area contributed by atoms with Crippen molar-refractivity contribution in [2.24, 2.45) is 5.92 Å². The predicted molar refractivity (Wildman–Crippen MR) is 61.8 cm³/mol. The van der Waals surface area contributed by atoms with Gasteiger partial charge >= 0.3 is 0 Å². The summed E-state index contributed by atoms with van der Waals surface area (Å²) >= 11 is 2.14. The van der Waals surface area contributed by atoms with Gasteiger partial charge < -0.3 is 5.32 Å². The molecule has 3 heterocycles. The molecule has 0 aliphatic carbocycles. The molecule has 3 fully saturated rings. The molecule has 14 heavy (non-hydrogen) atoms. The first-order valence-corrected chi connectivity index (χ1v) is 7.14. The van der Waals surface area contributed by atoms with E-state index in [9.17, 15) is 0 Å². The number of nitrogens with zero attached hydrogens (tertiary/aromatic N) is 1. The van der Waals surface area contributed by atoms with Gasteiger partial charge in [0.25, 0.3) is 0 Å². The fourth-order valence-electron chi connectivity index (χ4n) is 3.19. The molecule has 3 unspecified atom stereocenters. The smallest absolute Gasteiger partial charge is 0.0235 e. The number of likely N-dealkylation sites (tertiary alicyclic amines) is 1. The highest BCUT2D eigenvalue weighted by atomic mass is 32.2. The predicted octanol–water partition coefficient (Wildman–Crippen LogP) is 1.18. The van der Waals surface area contributed by atoms with Crippen LogP contribution in [0.15, 0.2) is 0 Å². The van der Waals surface area contributed by atoms with Crippen LogP contribution in [-0.2, 0) is 0 Å². The summed E-state index contributed by atoms with van der Waals surface area (Å²) in [5.41, 5.74) is 0. The Balaban J connectivity index is 1.61. The molecule has 3 rings (SSSR count). The van der Waals surface area contributed by atoms with Crippen LogP contribution in [0.4, 0.5) is 0 Å². The van der Waals surface area contributed by atoms with Crippen LogP contribution in [0.5, 0.6) is 0 Å². The molecule has 0 aromatic carbocycles. The number of rotatable bonds is 1. The molecule has 3 saturated heterocycles. The molecule has 1 N–H and O–H groups in total. The SMILES string of the molecule is C1CNC2CN(C3CCSC3)CC2C1. The Morgan fingerprint density at radius 2 is 2.21 bits per heavy atom. The Bertz CT molecular complexity index is 189. The average Bonchev–Trinajstić information content (AvgIpc) is 2.86. The summed E-state index contributed by atoms with van der Waals surface area (Å²) in [5.74, 6) is 3.75. The summed E-state index contributed by atoms with van der Waals surface area (Å²) in [7, 11) is 0. The van der Waals surface area contributed by atoms with Crippen molar-refractivity contribution < 1.29 is 0 Å². The van der Waals surface area contributed by atoms with E-state index in [1.54, 1.807) is 0 Å². The van der Waals surface area contributed by atoms with Crippen molar-refractivity contribution in [3.63, 3.8) is 0 Å². The number of hydrogen-bond donors (Lipinski definition) is 1. The lowest BCUT2D eigenvalue weighted by Gasteiger charge is -2.24. The summed E-state index contributed by atoms with van der Waals surface area (Å²) in [4.78, 5) is 2.76. The second-order valence-electron chi connectivity index (χ2n) is 4.93. The van der Waals surface area contributed by atoms with Crippen LogP contribution in [0.1, 0.15) is 19.3 Å². The zero-order valence-electron chi connectivity index (χ0n) is 8.74. The number of thioether (sulfide) groups is 1. The monoisotopic (exact) mass is 212 g/mol. The van der Waals surface area contributed by atoms with Crippen LogP contribution in [0, 0.1) is 5.92 Å². The van der Waals surface area contributed by atoms with Crippen molar-refractivity contribution in [3.8, 4) is 0 Å². The van der Waals surface area contributed by atoms with Crippen LogP contribution in [0.2, 0.25) is 0 Å². The molecule has 0 bridgehead atoms. The highest BCUT2D eigenvalue weighted by molar-refractivity contribution is 7.99. The highest BCUT2D eigenvalue weighted by Gasteiger charge is 2.37. The van der Waals surface area contributed by atoms with E-state index in [0.29, 0.717) is 0 Å². The van der Waals surface area contributed by atoms with E-state index in [1.807, 2.05) is 0 Å². The van der Waals surface area contributed by atoms with Gasteiger partial charge in [0.15, 0.2) is 0 Å². The minimum absolute atomic E-state index is 0.828. The molecular formula is C11H20N2S. The van der Waals surface area contributed by atoms with Gasteiger partial charge in [0.05, 0.1) is 0 Å². The lowest BCUT2D eigenvalue weighted by Crippen LogP contribution is -2.41. The average molecular weight is 212 g/mol. The van der Waals surface area contributed by atoms with Crippen LogP contribution >= 0.6 is 11.8 Å². The standard InChI is InChI=1S/C11H20N2S/c1-2-9-6-13(7-11(9)12-4-1)10-3-5-14-8-10/h9-12H,1-8H2. The first-order valence-electron chi connectivity index (χ1n) is 5.98. The molecule has 0 radical (unpaired) electrons. The zero-order chi connectivity index (χ0) is 9.38. The zero-order valence-corrected chi connectivity index (χ0v) is 9.56. The molecule has 0 amide bonds. The van der Waals surface area contributed by atoms with Gasteiger partial charge in [0.2, 0.25) is 0 Å². The molecule has 3 atom stereocenters. The first-order chi connectivity index (χ1) is 6.93. The van der Waals surface area contributed by atoms with Crippen LogP contribution in [-0.4, -0.2) is 48.1 Å². The Kier molecular flexibility index (Phi) is 2.73. The van der Waals surface area contributed by atoms with Crippen LogP contribution in [0.25, 0.3) is 0 Å². The normalized spacial score (nSPS) is 44.1. The van der Waals surface area contributed by atoms with E-state index in [0.717, 1.165) is 18.0 Å². The van der Waals surface area contributed by atoms with E-state index in [-0.39, 0.29) is 0 Å². The molecule has 3 heteroatoms. The molecule has 0 aromatic rings. The van der Waals surface area contributed by atoms with Crippen molar-refractivity contribution in [2.75, 3.05) is 31.1 Å². The molecule has 80 valence electrons. The van der Waals surface area contributed by atoms with Gasteiger partial charge in [-0.1, -0.05) is 0 Å². The quantitative estimate of drug-likeness (QED) is 0.702. The van der Waals surface area contributed by atoms with E-state index in [1.165, 1.54) is 50.4 Å². The Hall–Kier alpha value is 0.270. The fraction of sp³-hybridized carbons (Fsp3) is 1.00. The Morgan fingerprint density at radius 3 is 3.00 bits per heavy atom. The molecule has 0 saturated carbocycles. The lowest BCUT2D eigenvalue weighted by molar-refractivity contribution is 0.252. The molecule has 3 aliphatic rings. The van der Waals surface area contributed by atoms with Gasteiger partial charge in [-0.3, -0.25) is 4.90 Å². The number of piperidine rings is 1. The number of fused-ring (bicyclic) bond motifs is 1. The minimum Gasteiger partial charge on any atom is -0.312 e. The first kappa shape index (κ1) is 9.49. The summed E-state index contributed by atoms with van der Waals surface area (Å²) in [6, 6.07) is 1.74. The molecule has 0 spiro atoms. The van der Waals surface area contributed by atoms with Gasteiger partial charge in [0, 0.05) is 30.9 Å². The fourth-order valence-corrected chi connectivity index (χ4v) is 4.44. The van der Waals surface area contributed by atoms with Crippen molar-refractivity contribution >= 4 is 11.8 Å². The van der Waals surface area contributed by atoms with Crippen molar-refractivity contribution in [1.82, 2.24) is 10.2 Å². The molecule has 2 nitrogen and oxygen atoms in total. The topological polar surface area (TPSA) is 15.3 Å². The third-order valence-corrected chi connectivity index (χ3v) is 5.19. The van der Waals surface area contributed by atoms with Crippen molar-refractivity contribution in [3.05, 3.63) is 0 Å². The van der Waals surface area contributed by atoms with Gasteiger partial charge in [-0.25, -0.2) is 0 Å². The van der Waals surface area contributed by atoms with Crippen molar-refractivity contribution in [2.45, 2.75) is 31.3 Å². The third-order valence-electron chi connectivity index (χ3n) is 4.05. The summed E-state index contributed by atoms with van der Waals surface area (Å²) in [5, 5.41) is 3.69. The largest absolute Gasteiger partial charge is 0.312 e. The van der Waals surface area contributed by atoms with Crippen molar-refractivity contribution in [1.29, 1.82) is 0 Å². The Labute approximate surface area is 90.8 Å². The molecular weight excluding hydrogens is 192 g/mol. The molecule has 3 aliphatic heterocycles. The van der Waals surface area contributed by atoms with E-state index in [2.05, 4.69) is 22.0 Å². The maximum absolute atomic E-state index is 3.69. The van der Waals surface area contributed by atoms with Gasteiger partial charge in [-0.2, -0.15) is 11.8 Å². The maximum Gasteiger partial charge on any atom is 0.0235 e. The van der Waals surface area contributed by atoms with E-state index < -0.39 is 0 Å². The second-order valence-corrected chi connectivity index (χ2v) is 6.08. The van der Waals surface area contributed by atoms with E-state index in [4.69, 9.17) is 0 Å². The van der Waals surface area contributed by atoms with Crippen LogP contribution in [0.3, 0.4) is 0 Å². The Morgan fingerprint density at radius 1 is 1.21 bits per heavy atom. The van der Waals surface area contributed by atoms with Crippen LogP contribution < -0.4 is 5.32 Å². The molecule has 0 aromatic heterocycles. The second kappa shape index (κ2) is 4.03. The number of nitrogens with one attached hydrogen (secondary N) is 1. The van der Waals surface area contributed by atoms with Gasteiger partial charge in [-0.15, -0.1) is 0 Å². The highest BCUT2D eigenvalue weighted by Crippen LogP contribution is 2.30. The van der Waals surface area contributed by atoms with Gasteiger partial charge in [0.1, 0.15) is 0 Å². The summed E-state index contributed by atoms with van der Waals surface area (Å²) in [6.45, 7) is 3.97. The maximum atomic E-state index is 3.69. The number of hydrogen-bond acceptors (Lipinski definition) is 3. The lowest BCUT2D eigenvalue weighted by atomic mass is 9.94. The van der Waals surface area contributed by atoms with E-state index >= 15 is 0 Å². The summed E-state index contributed by atoms with van der Waals surface area (Å²) < 4.78 is 0.